The largest absolute Gasteiger partial charge is 0.356 e. The number of nitrogens with zero attached hydrogens (tertiary/aromatic N) is 2. The van der Waals surface area contributed by atoms with E-state index < -0.39 is 0 Å². The number of aliphatic imine (C=N–C) groups is 1. The van der Waals surface area contributed by atoms with Crippen molar-refractivity contribution in [2.24, 2.45) is 4.99 Å². The molecule has 0 spiro atoms. The molecule has 108 valence electrons. The van der Waals surface area contributed by atoms with Crippen LogP contribution in [0.25, 0.3) is 0 Å². The monoisotopic (exact) mass is 308 g/mol. The summed E-state index contributed by atoms with van der Waals surface area (Å²) in [5, 5.41) is 7.80. The van der Waals surface area contributed by atoms with Gasteiger partial charge in [0.2, 0.25) is 0 Å². The highest BCUT2D eigenvalue weighted by Crippen LogP contribution is 2.14. The molecule has 2 heterocycles. The van der Waals surface area contributed by atoms with Crippen molar-refractivity contribution in [3.63, 3.8) is 0 Å². The molecule has 0 amide bonds. The third-order valence-corrected chi connectivity index (χ3v) is 4.72. The Bertz CT molecular complexity index is 571. The van der Waals surface area contributed by atoms with Crippen molar-refractivity contribution in [2.75, 3.05) is 13.6 Å². The summed E-state index contributed by atoms with van der Waals surface area (Å²) in [5.41, 5.74) is 0. The molecule has 4 nitrogen and oxygen atoms in total. The second-order valence-electron chi connectivity index (χ2n) is 4.48. The molecule has 0 bridgehead atoms. The van der Waals surface area contributed by atoms with E-state index in [1.165, 1.54) is 19.6 Å². The van der Waals surface area contributed by atoms with E-state index in [9.17, 15) is 0 Å². The standard InChI is InChI=1S/C14H20N4S2/c1-10-4-5-12(19-10)9-18-14(15-3)16-7-6-13-17-8-11(2)20-13/h4-5,8H,6-7,9H2,1-3H3,(H2,15,16,18). The van der Waals surface area contributed by atoms with Crippen LogP contribution in [-0.4, -0.2) is 24.5 Å². The van der Waals surface area contributed by atoms with Crippen LogP contribution >= 0.6 is 22.7 Å². The number of aromatic nitrogens is 1. The highest BCUT2D eigenvalue weighted by Gasteiger charge is 2.02. The molecule has 0 radical (unpaired) electrons. The van der Waals surface area contributed by atoms with E-state index in [-0.39, 0.29) is 0 Å². The van der Waals surface area contributed by atoms with Gasteiger partial charge in [0.15, 0.2) is 5.96 Å². The SMILES string of the molecule is CN=C(NCCc1ncc(C)s1)NCc1ccc(C)s1. The van der Waals surface area contributed by atoms with E-state index in [1.807, 2.05) is 17.5 Å². The molecular formula is C14H20N4S2. The molecule has 0 aromatic carbocycles. The molecule has 2 aromatic heterocycles. The third kappa shape index (κ3) is 4.61. The molecule has 0 aliphatic carbocycles. The highest BCUT2D eigenvalue weighted by molar-refractivity contribution is 7.12. The van der Waals surface area contributed by atoms with Gasteiger partial charge in [0.1, 0.15) is 0 Å². The zero-order valence-electron chi connectivity index (χ0n) is 12.1. The van der Waals surface area contributed by atoms with Crippen molar-refractivity contribution in [2.45, 2.75) is 26.8 Å². The van der Waals surface area contributed by atoms with E-state index in [1.54, 1.807) is 18.4 Å². The van der Waals surface area contributed by atoms with Crippen molar-refractivity contribution in [3.8, 4) is 0 Å². The first-order valence-corrected chi connectivity index (χ1v) is 8.22. The van der Waals surface area contributed by atoms with Crippen LogP contribution in [0.1, 0.15) is 19.6 Å². The van der Waals surface area contributed by atoms with Crippen molar-refractivity contribution < 1.29 is 0 Å². The Labute approximate surface area is 128 Å². The first-order valence-electron chi connectivity index (χ1n) is 6.58. The van der Waals surface area contributed by atoms with Crippen molar-refractivity contribution in [1.82, 2.24) is 15.6 Å². The molecule has 2 N–H and O–H groups in total. The molecule has 0 fully saturated rings. The molecule has 2 rings (SSSR count). The van der Waals surface area contributed by atoms with Gasteiger partial charge in [-0.2, -0.15) is 0 Å². The second kappa shape index (κ2) is 7.40. The Kier molecular flexibility index (Phi) is 5.55. The van der Waals surface area contributed by atoms with Crippen LogP contribution in [0.15, 0.2) is 23.3 Å². The minimum atomic E-state index is 0.814. The minimum Gasteiger partial charge on any atom is -0.356 e. The summed E-state index contributed by atoms with van der Waals surface area (Å²) in [4.78, 5) is 12.5. The number of aryl methyl sites for hydroxylation is 2. The highest BCUT2D eigenvalue weighted by atomic mass is 32.1. The number of thiazole rings is 1. The Morgan fingerprint density at radius 3 is 2.65 bits per heavy atom. The summed E-state index contributed by atoms with van der Waals surface area (Å²) in [6.07, 6.45) is 2.85. The molecule has 0 unspecified atom stereocenters. The third-order valence-electron chi connectivity index (χ3n) is 2.75. The van der Waals surface area contributed by atoms with Crippen LogP contribution in [0.2, 0.25) is 0 Å². The molecule has 0 aliphatic rings. The number of hydrogen-bond acceptors (Lipinski definition) is 4. The number of guanidine groups is 1. The van der Waals surface area contributed by atoms with E-state index in [0.717, 1.165) is 25.5 Å². The predicted octanol–water partition coefficient (Wildman–Crippen LogP) is 2.73. The number of nitrogens with one attached hydrogen (secondary N) is 2. The van der Waals surface area contributed by atoms with E-state index in [2.05, 4.69) is 46.6 Å². The average molecular weight is 308 g/mol. The van der Waals surface area contributed by atoms with Crippen molar-refractivity contribution >= 4 is 28.6 Å². The molecule has 0 atom stereocenters. The van der Waals surface area contributed by atoms with Gasteiger partial charge in [0, 0.05) is 40.8 Å². The first-order chi connectivity index (χ1) is 9.67. The van der Waals surface area contributed by atoms with Gasteiger partial charge in [-0.1, -0.05) is 0 Å². The number of rotatable bonds is 5. The lowest BCUT2D eigenvalue weighted by molar-refractivity contribution is 0.796. The van der Waals surface area contributed by atoms with E-state index >= 15 is 0 Å². The van der Waals surface area contributed by atoms with Crippen LogP contribution < -0.4 is 10.6 Å². The van der Waals surface area contributed by atoms with Gasteiger partial charge in [-0.3, -0.25) is 4.99 Å². The fraction of sp³-hybridized carbons (Fsp3) is 0.429. The molecule has 0 saturated heterocycles. The van der Waals surface area contributed by atoms with Gasteiger partial charge < -0.3 is 10.6 Å². The minimum absolute atomic E-state index is 0.814. The van der Waals surface area contributed by atoms with Crippen LogP contribution in [-0.2, 0) is 13.0 Å². The van der Waals surface area contributed by atoms with Crippen LogP contribution in [0, 0.1) is 13.8 Å². The van der Waals surface area contributed by atoms with E-state index in [0.29, 0.717) is 0 Å². The molecule has 6 heteroatoms. The summed E-state index contributed by atoms with van der Waals surface area (Å²) in [6, 6.07) is 4.29. The average Bonchev–Trinajstić information content (AvgIpc) is 3.02. The molecule has 2 aromatic rings. The number of thiophene rings is 1. The Balaban J connectivity index is 1.72. The fourth-order valence-corrected chi connectivity index (χ4v) is 3.39. The van der Waals surface area contributed by atoms with Gasteiger partial charge in [-0.15, -0.1) is 22.7 Å². The maximum atomic E-state index is 4.35. The maximum Gasteiger partial charge on any atom is 0.191 e. The molecule has 20 heavy (non-hydrogen) atoms. The summed E-state index contributed by atoms with van der Waals surface area (Å²) >= 11 is 3.56. The Morgan fingerprint density at radius 2 is 2.05 bits per heavy atom. The van der Waals surface area contributed by atoms with Crippen molar-refractivity contribution in [1.29, 1.82) is 0 Å². The Hall–Kier alpha value is -1.40. The lowest BCUT2D eigenvalue weighted by atomic mass is 10.4. The smallest absolute Gasteiger partial charge is 0.191 e. The molecule has 0 aliphatic heterocycles. The summed E-state index contributed by atoms with van der Waals surface area (Å²) in [6.45, 7) is 5.86. The van der Waals surface area contributed by atoms with Gasteiger partial charge >= 0.3 is 0 Å². The Morgan fingerprint density at radius 1 is 1.20 bits per heavy atom. The summed E-state index contributed by atoms with van der Waals surface area (Å²) < 4.78 is 0. The summed E-state index contributed by atoms with van der Waals surface area (Å²) in [7, 11) is 1.79. The van der Waals surface area contributed by atoms with Crippen LogP contribution in [0.4, 0.5) is 0 Å². The fourth-order valence-electron chi connectivity index (χ4n) is 1.78. The normalized spacial score (nSPS) is 11.7. The lowest BCUT2D eigenvalue weighted by Gasteiger charge is -2.10. The predicted molar refractivity (Wildman–Crippen MR) is 87.8 cm³/mol. The second-order valence-corrected chi connectivity index (χ2v) is 7.17. The summed E-state index contributed by atoms with van der Waals surface area (Å²) in [5.74, 6) is 0.837. The van der Waals surface area contributed by atoms with Gasteiger partial charge in [-0.05, 0) is 26.0 Å². The van der Waals surface area contributed by atoms with Gasteiger partial charge in [0.25, 0.3) is 0 Å². The van der Waals surface area contributed by atoms with Gasteiger partial charge in [0.05, 0.1) is 11.6 Å². The van der Waals surface area contributed by atoms with Crippen LogP contribution in [0.5, 0.6) is 0 Å². The first kappa shape index (κ1) is 15.0. The quantitative estimate of drug-likeness (QED) is 0.659. The number of hydrogen-bond donors (Lipinski definition) is 2. The van der Waals surface area contributed by atoms with Crippen LogP contribution in [0.3, 0.4) is 0 Å². The topological polar surface area (TPSA) is 49.3 Å². The maximum absolute atomic E-state index is 4.35. The zero-order valence-corrected chi connectivity index (χ0v) is 13.7. The zero-order chi connectivity index (χ0) is 14.4. The molecule has 0 saturated carbocycles. The van der Waals surface area contributed by atoms with E-state index in [4.69, 9.17) is 0 Å². The van der Waals surface area contributed by atoms with Crippen molar-refractivity contribution in [3.05, 3.63) is 38.0 Å². The van der Waals surface area contributed by atoms with Gasteiger partial charge in [-0.25, -0.2) is 4.98 Å². The lowest BCUT2D eigenvalue weighted by Crippen LogP contribution is -2.37. The molecular weight excluding hydrogens is 288 g/mol.